The average molecular weight is 331 g/mol. The third-order valence-electron chi connectivity index (χ3n) is 3.38. The van der Waals surface area contributed by atoms with Gasteiger partial charge in [-0.15, -0.1) is 0 Å². The minimum Gasteiger partial charge on any atom is -0.462 e. The number of unbranched alkanes of at least 4 members (excludes halogenated alkanes) is 7. The molecular formula is C17H24Cl2O2. The number of carbonyl (C=O) groups is 1. The quantitative estimate of drug-likeness (QED) is 0.372. The van der Waals surface area contributed by atoms with Crippen LogP contribution >= 0.6 is 23.2 Å². The van der Waals surface area contributed by atoms with Gasteiger partial charge in [0.15, 0.2) is 0 Å². The van der Waals surface area contributed by atoms with E-state index in [2.05, 4.69) is 6.92 Å². The molecule has 0 spiro atoms. The Morgan fingerprint density at radius 1 is 1.00 bits per heavy atom. The number of hydrogen-bond acceptors (Lipinski definition) is 2. The smallest absolute Gasteiger partial charge is 0.339 e. The Hall–Kier alpha value is -0.730. The Labute approximate surface area is 137 Å². The first-order chi connectivity index (χ1) is 10.1. The van der Waals surface area contributed by atoms with Gasteiger partial charge >= 0.3 is 5.97 Å². The van der Waals surface area contributed by atoms with Crippen molar-refractivity contribution in [2.24, 2.45) is 0 Å². The Balaban J connectivity index is 2.11. The summed E-state index contributed by atoms with van der Waals surface area (Å²) in [6, 6.07) is 4.79. The molecule has 0 bridgehead atoms. The molecule has 0 unspecified atom stereocenters. The number of ether oxygens (including phenoxy) is 1. The molecule has 2 nitrogen and oxygen atoms in total. The monoisotopic (exact) mass is 330 g/mol. The second-order valence-electron chi connectivity index (χ2n) is 5.23. The third kappa shape index (κ3) is 7.73. The zero-order valence-electron chi connectivity index (χ0n) is 12.7. The molecule has 0 fully saturated rings. The van der Waals surface area contributed by atoms with E-state index in [0.717, 1.165) is 12.8 Å². The lowest BCUT2D eigenvalue weighted by Gasteiger charge is -2.06. The molecule has 1 aromatic carbocycles. The second-order valence-corrected chi connectivity index (χ2v) is 6.08. The zero-order valence-corrected chi connectivity index (χ0v) is 14.2. The highest BCUT2D eigenvalue weighted by molar-refractivity contribution is 6.36. The largest absolute Gasteiger partial charge is 0.462 e. The van der Waals surface area contributed by atoms with Gasteiger partial charge < -0.3 is 4.74 Å². The summed E-state index contributed by atoms with van der Waals surface area (Å²) in [5, 5.41) is 0.850. The standard InChI is InChI=1S/C17H24Cl2O2/c1-2-3-4-5-6-7-8-9-12-21-17(20)15-11-10-14(18)13-16(15)19/h10-11,13H,2-9,12H2,1H3. The van der Waals surface area contributed by atoms with Crippen LogP contribution in [0.1, 0.15) is 68.6 Å². The van der Waals surface area contributed by atoms with E-state index in [4.69, 9.17) is 27.9 Å². The molecular weight excluding hydrogens is 307 g/mol. The molecule has 0 saturated carbocycles. The molecule has 0 amide bonds. The van der Waals surface area contributed by atoms with Crippen molar-refractivity contribution in [3.05, 3.63) is 33.8 Å². The van der Waals surface area contributed by atoms with Crippen molar-refractivity contribution in [2.45, 2.75) is 58.3 Å². The van der Waals surface area contributed by atoms with Crippen molar-refractivity contribution in [2.75, 3.05) is 6.61 Å². The maximum Gasteiger partial charge on any atom is 0.339 e. The van der Waals surface area contributed by atoms with Gasteiger partial charge in [0.25, 0.3) is 0 Å². The number of hydrogen-bond donors (Lipinski definition) is 0. The van der Waals surface area contributed by atoms with Gasteiger partial charge in [-0.1, -0.05) is 75.1 Å². The molecule has 0 aromatic heterocycles. The lowest BCUT2D eigenvalue weighted by Crippen LogP contribution is -2.07. The molecule has 21 heavy (non-hydrogen) atoms. The summed E-state index contributed by atoms with van der Waals surface area (Å²) in [6.07, 6.45) is 9.76. The molecule has 0 radical (unpaired) electrons. The van der Waals surface area contributed by atoms with Crippen LogP contribution in [0.5, 0.6) is 0 Å². The van der Waals surface area contributed by atoms with Crippen LogP contribution in [-0.2, 0) is 4.74 Å². The predicted molar refractivity (Wildman–Crippen MR) is 89.4 cm³/mol. The van der Waals surface area contributed by atoms with E-state index in [0.29, 0.717) is 22.2 Å². The Kier molecular flexibility index (Phi) is 9.53. The fourth-order valence-electron chi connectivity index (χ4n) is 2.13. The van der Waals surface area contributed by atoms with Crippen LogP contribution in [-0.4, -0.2) is 12.6 Å². The first-order valence-electron chi connectivity index (χ1n) is 7.77. The van der Waals surface area contributed by atoms with E-state index >= 15 is 0 Å². The SMILES string of the molecule is CCCCCCCCCCOC(=O)c1ccc(Cl)cc1Cl. The van der Waals surface area contributed by atoms with Crippen molar-refractivity contribution >= 4 is 29.2 Å². The van der Waals surface area contributed by atoms with Crippen molar-refractivity contribution in [3.8, 4) is 0 Å². The van der Waals surface area contributed by atoms with Crippen molar-refractivity contribution in [3.63, 3.8) is 0 Å². The van der Waals surface area contributed by atoms with Crippen LogP contribution in [0.4, 0.5) is 0 Å². The van der Waals surface area contributed by atoms with E-state index < -0.39 is 0 Å². The number of halogens is 2. The third-order valence-corrected chi connectivity index (χ3v) is 3.93. The zero-order chi connectivity index (χ0) is 15.5. The molecule has 0 atom stereocenters. The fraction of sp³-hybridized carbons (Fsp3) is 0.588. The second kappa shape index (κ2) is 10.9. The summed E-state index contributed by atoms with van der Waals surface area (Å²) in [5.41, 5.74) is 0.376. The fourth-order valence-corrected chi connectivity index (χ4v) is 2.62. The van der Waals surface area contributed by atoms with Gasteiger partial charge in [0.1, 0.15) is 0 Å². The van der Waals surface area contributed by atoms with Gasteiger partial charge in [0.05, 0.1) is 17.2 Å². The van der Waals surface area contributed by atoms with Crippen LogP contribution in [0.15, 0.2) is 18.2 Å². The molecule has 1 aromatic rings. The first kappa shape index (κ1) is 18.3. The number of benzene rings is 1. The summed E-state index contributed by atoms with van der Waals surface area (Å²) in [7, 11) is 0. The molecule has 1 rings (SSSR count). The summed E-state index contributed by atoms with van der Waals surface area (Å²) in [6.45, 7) is 2.67. The van der Waals surface area contributed by atoms with Crippen molar-refractivity contribution in [1.29, 1.82) is 0 Å². The average Bonchev–Trinajstić information content (AvgIpc) is 2.45. The molecule has 0 aliphatic rings. The Morgan fingerprint density at radius 3 is 2.24 bits per heavy atom. The molecule has 0 saturated heterocycles. The van der Waals surface area contributed by atoms with Gasteiger partial charge in [-0.25, -0.2) is 4.79 Å². The van der Waals surface area contributed by atoms with Gasteiger partial charge in [0, 0.05) is 5.02 Å². The molecule has 118 valence electrons. The molecule has 0 aliphatic heterocycles. The number of carbonyl (C=O) groups excluding carboxylic acids is 1. The van der Waals surface area contributed by atoms with Gasteiger partial charge in [-0.05, 0) is 24.6 Å². The minimum atomic E-state index is -0.375. The van der Waals surface area contributed by atoms with E-state index in [1.165, 1.54) is 38.5 Å². The van der Waals surface area contributed by atoms with Gasteiger partial charge in [-0.2, -0.15) is 0 Å². The van der Waals surface area contributed by atoms with E-state index in [1.54, 1.807) is 18.2 Å². The Bertz CT molecular complexity index is 433. The van der Waals surface area contributed by atoms with Crippen LogP contribution in [0.2, 0.25) is 10.0 Å². The predicted octanol–water partition coefficient (Wildman–Crippen LogP) is 6.29. The maximum atomic E-state index is 11.8. The van der Waals surface area contributed by atoms with E-state index in [1.807, 2.05) is 0 Å². The molecule has 0 heterocycles. The first-order valence-corrected chi connectivity index (χ1v) is 8.53. The summed E-state index contributed by atoms with van der Waals surface area (Å²) < 4.78 is 5.23. The highest BCUT2D eigenvalue weighted by atomic mass is 35.5. The molecule has 0 N–H and O–H groups in total. The summed E-state index contributed by atoms with van der Waals surface area (Å²) >= 11 is 11.8. The van der Waals surface area contributed by atoms with Crippen LogP contribution in [0.3, 0.4) is 0 Å². The van der Waals surface area contributed by atoms with Crippen LogP contribution in [0, 0.1) is 0 Å². The van der Waals surface area contributed by atoms with Gasteiger partial charge in [-0.3, -0.25) is 0 Å². The van der Waals surface area contributed by atoms with E-state index in [9.17, 15) is 4.79 Å². The maximum absolute atomic E-state index is 11.8. The Morgan fingerprint density at radius 2 is 1.62 bits per heavy atom. The summed E-state index contributed by atoms with van der Waals surface area (Å²) in [4.78, 5) is 11.8. The number of rotatable bonds is 10. The normalized spacial score (nSPS) is 10.6. The summed E-state index contributed by atoms with van der Waals surface area (Å²) in [5.74, 6) is -0.375. The van der Waals surface area contributed by atoms with Crippen LogP contribution < -0.4 is 0 Å². The van der Waals surface area contributed by atoms with Crippen molar-refractivity contribution < 1.29 is 9.53 Å². The lowest BCUT2D eigenvalue weighted by atomic mass is 10.1. The minimum absolute atomic E-state index is 0.337. The molecule has 4 heteroatoms. The highest BCUT2D eigenvalue weighted by Gasteiger charge is 2.11. The van der Waals surface area contributed by atoms with Crippen molar-refractivity contribution in [1.82, 2.24) is 0 Å². The lowest BCUT2D eigenvalue weighted by molar-refractivity contribution is 0.0498. The number of esters is 1. The van der Waals surface area contributed by atoms with Gasteiger partial charge in [0.2, 0.25) is 0 Å². The topological polar surface area (TPSA) is 26.3 Å². The molecule has 0 aliphatic carbocycles. The van der Waals surface area contributed by atoms with Crippen LogP contribution in [0.25, 0.3) is 0 Å². The highest BCUT2D eigenvalue weighted by Crippen LogP contribution is 2.21. The van der Waals surface area contributed by atoms with E-state index in [-0.39, 0.29) is 5.97 Å².